The maximum atomic E-state index is 5.38. The minimum Gasteiger partial charge on any atom is -0.364 e. The topological polar surface area (TPSA) is 105 Å². The van der Waals surface area contributed by atoms with E-state index < -0.39 is 0 Å². The van der Waals surface area contributed by atoms with E-state index in [0.29, 0.717) is 11.6 Å². The number of anilines is 2. The Morgan fingerprint density at radius 3 is 2.89 bits per heavy atom. The Labute approximate surface area is 105 Å². The maximum Gasteiger partial charge on any atom is 0.241 e. The zero-order chi connectivity index (χ0) is 12.6. The Bertz CT molecular complexity index is 552. The monoisotopic (exact) mass is 247 g/mol. The van der Waals surface area contributed by atoms with E-state index in [9.17, 15) is 0 Å². The summed E-state index contributed by atoms with van der Waals surface area (Å²) in [6.07, 6.45) is 6.45. The van der Waals surface area contributed by atoms with Crippen LogP contribution in [0.1, 0.15) is 32.6 Å². The first-order chi connectivity index (χ1) is 8.76. The van der Waals surface area contributed by atoms with Gasteiger partial charge in [-0.15, -0.1) is 0 Å². The van der Waals surface area contributed by atoms with E-state index in [1.165, 1.54) is 19.3 Å². The van der Waals surface area contributed by atoms with Gasteiger partial charge < -0.3 is 5.32 Å². The molecule has 0 radical (unpaired) electrons. The van der Waals surface area contributed by atoms with Crippen LogP contribution in [0.2, 0.25) is 0 Å². The summed E-state index contributed by atoms with van der Waals surface area (Å²) in [5, 5.41) is 11.3. The van der Waals surface area contributed by atoms with E-state index >= 15 is 0 Å². The first-order valence-electron chi connectivity index (χ1n) is 6.22. The molecule has 0 saturated heterocycles. The van der Waals surface area contributed by atoms with E-state index in [-0.39, 0.29) is 5.54 Å². The summed E-state index contributed by atoms with van der Waals surface area (Å²) >= 11 is 0. The molecule has 2 heterocycles. The zero-order valence-electron chi connectivity index (χ0n) is 10.3. The summed E-state index contributed by atoms with van der Waals surface area (Å²) in [5.74, 6) is 6.57. The Morgan fingerprint density at radius 1 is 1.44 bits per heavy atom. The molecule has 1 saturated carbocycles. The van der Waals surface area contributed by atoms with Crippen LogP contribution in [0, 0.1) is 0 Å². The van der Waals surface area contributed by atoms with Gasteiger partial charge in [-0.05, 0) is 25.7 Å². The molecular weight excluding hydrogens is 230 g/mol. The molecule has 1 aliphatic carbocycles. The number of nitrogens with two attached hydrogens (primary N) is 1. The van der Waals surface area contributed by atoms with Crippen LogP contribution in [0.25, 0.3) is 11.0 Å². The number of nitrogen functional groups attached to an aromatic ring is 1. The highest BCUT2D eigenvalue weighted by Gasteiger charge is 2.35. The largest absolute Gasteiger partial charge is 0.364 e. The predicted molar refractivity (Wildman–Crippen MR) is 70.0 cm³/mol. The van der Waals surface area contributed by atoms with Gasteiger partial charge in [-0.2, -0.15) is 15.1 Å². The molecular formula is C11H17N7. The van der Waals surface area contributed by atoms with Crippen LogP contribution < -0.4 is 16.6 Å². The van der Waals surface area contributed by atoms with E-state index in [2.05, 4.69) is 37.8 Å². The van der Waals surface area contributed by atoms with Gasteiger partial charge in [-0.3, -0.25) is 10.5 Å². The van der Waals surface area contributed by atoms with Crippen molar-refractivity contribution in [3.63, 3.8) is 0 Å². The Morgan fingerprint density at radius 2 is 2.28 bits per heavy atom. The Hall–Kier alpha value is -1.89. The van der Waals surface area contributed by atoms with E-state index in [4.69, 9.17) is 5.84 Å². The van der Waals surface area contributed by atoms with Crippen molar-refractivity contribution in [2.45, 2.75) is 38.1 Å². The molecule has 2 aromatic heterocycles. The summed E-state index contributed by atoms with van der Waals surface area (Å²) < 4.78 is 0. The highest BCUT2D eigenvalue weighted by atomic mass is 15.3. The van der Waals surface area contributed by atoms with Crippen molar-refractivity contribution in [1.29, 1.82) is 0 Å². The van der Waals surface area contributed by atoms with Crippen molar-refractivity contribution in [3.05, 3.63) is 6.20 Å². The fraction of sp³-hybridized carbons (Fsp3) is 0.545. The van der Waals surface area contributed by atoms with Gasteiger partial charge in [0.05, 0.1) is 11.6 Å². The highest BCUT2D eigenvalue weighted by molar-refractivity contribution is 5.87. The van der Waals surface area contributed by atoms with Gasteiger partial charge in [0.2, 0.25) is 5.95 Å². The molecule has 0 amide bonds. The standard InChI is InChI=1S/C11H17N7/c1-2-11(4-3-5-11)16-8-7-6-13-18-9(7)15-10(14-8)17-12/h6H,2-5,12H2,1H3,(H3,13,14,15,16,17,18). The van der Waals surface area contributed by atoms with Crippen LogP contribution in [0.4, 0.5) is 11.8 Å². The Balaban J connectivity index is 2.01. The summed E-state index contributed by atoms with van der Waals surface area (Å²) in [6, 6.07) is 0. The lowest BCUT2D eigenvalue weighted by atomic mass is 9.75. The lowest BCUT2D eigenvalue weighted by Gasteiger charge is -2.42. The first kappa shape index (κ1) is 11.2. The molecule has 96 valence electrons. The fourth-order valence-corrected chi connectivity index (χ4v) is 2.42. The third-order valence-corrected chi connectivity index (χ3v) is 3.81. The van der Waals surface area contributed by atoms with Gasteiger partial charge in [0, 0.05) is 5.54 Å². The number of nitrogens with zero attached hydrogens (tertiary/aromatic N) is 3. The van der Waals surface area contributed by atoms with Gasteiger partial charge in [0.1, 0.15) is 5.82 Å². The number of aromatic nitrogens is 4. The number of fused-ring (bicyclic) bond motifs is 1. The second kappa shape index (κ2) is 4.09. The molecule has 1 fully saturated rings. The van der Waals surface area contributed by atoms with Gasteiger partial charge in [-0.1, -0.05) is 6.92 Å². The average Bonchev–Trinajstić information content (AvgIpc) is 2.81. The number of nitrogens with one attached hydrogen (secondary N) is 3. The summed E-state index contributed by atoms with van der Waals surface area (Å²) in [4.78, 5) is 8.60. The molecule has 0 aliphatic heterocycles. The molecule has 2 aromatic rings. The smallest absolute Gasteiger partial charge is 0.241 e. The Kier molecular flexibility index (Phi) is 2.55. The van der Waals surface area contributed by atoms with Crippen LogP contribution in [0.5, 0.6) is 0 Å². The van der Waals surface area contributed by atoms with Crippen molar-refractivity contribution in [2.24, 2.45) is 5.84 Å². The minimum absolute atomic E-state index is 0.171. The van der Waals surface area contributed by atoms with Gasteiger partial charge >= 0.3 is 0 Å². The molecule has 7 nitrogen and oxygen atoms in total. The average molecular weight is 247 g/mol. The third-order valence-electron chi connectivity index (χ3n) is 3.81. The summed E-state index contributed by atoms with van der Waals surface area (Å²) in [6.45, 7) is 2.20. The van der Waals surface area contributed by atoms with Crippen LogP contribution >= 0.6 is 0 Å². The van der Waals surface area contributed by atoms with Crippen molar-refractivity contribution in [2.75, 3.05) is 10.7 Å². The number of hydrazine groups is 1. The van der Waals surface area contributed by atoms with Crippen molar-refractivity contribution >= 4 is 22.8 Å². The third kappa shape index (κ3) is 1.67. The van der Waals surface area contributed by atoms with Crippen LogP contribution in [-0.4, -0.2) is 25.7 Å². The van der Waals surface area contributed by atoms with Gasteiger partial charge in [0.15, 0.2) is 5.65 Å². The number of aromatic amines is 1. The van der Waals surface area contributed by atoms with E-state index in [1.807, 2.05) is 0 Å². The van der Waals surface area contributed by atoms with Gasteiger partial charge in [-0.25, -0.2) is 5.84 Å². The first-order valence-corrected chi connectivity index (χ1v) is 6.22. The number of H-pyrrole nitrogens is 1. The quantitative estimate of drug-likeness (QED) is 0.480. The minimum atomic E-state index is 0.171. The predicted octanol–water partition coefficient (Wildman–Crippen LogP) is 1.38. The molecule has 0 unspecified atom stereocenters. The molecule has 7 heteroatoms. The molecule has 5 N–H and O–H groups in total. The summed E-state index contributed by atoms with van der Waals surface area (Å²) in [5.41, 5.74) is 3.34. The van der Waals surface area contributed by atoms with Crippen molar-refractivity contribution in [1.82, 2.24) is 20.2 Å². The SMILES string of the molecule is CCC1(Nc2nc(NN)nc3[nH]ncc23)CCC1. The molecule has 0 bridgehead atoms. The van der Waals surface area contributed by atoms with Crippen molar-refractivity contribution in [3.8, 4) is 0 Å². The van der Waals surface area contributed by atoms with E-state index in [1.54, 1.807) is 6.20 Å². The molecule has 0 atom stereocenters. The lowest BCUT2D eigenvalue weighted by Crippen LogP contribution is -2.44. The van der Waals surface area contributed by atoms with E-state index in [0.717, 1.165) is 17.6 Å². The molecule has 1 aliphatic rings. The maximum absolute atomic E-state index is 5.38. The second-order valence-corrected chi connectivity index (χ2v) is 4.78. The zero-order valence-corrected chi connectivity index (χ0v) is 10.3. The van der Waals surface area contributed by atoms with Crippen molar-refractivity contribution < 1.29 is 0 Å². The van der Waals surface area contributed by atoms with Gasteiger partial charge in [0.25, 0.3) is 0 Å². The molecule has 0 spiro atoms. The molecule has 0 aromatic carbocycles. The normalized spacial score (nSPS) is 17.4. The molecule has 3 rings (SSSR count). The number of rotatable bonds is 4. The van der Waals surface area contributed by atoms with Crippen LogP contribution in [0.15, 0.2) is 6.20 Å². The number of hydrogen-bond acceptors (Lipinski definition) is 6. The van der Waals surface area contributed by atoms with Crippen LogP contribution in [-0.2, 0) is 0 Å². The molecule has 18 heavy (non-hydrogen) atoms. The second-order valence-electron chi connectivity index (χ2n) is 4.78. The fourth-order valence-electron chi connectivity index (χ4n) is 2.42. The van der Waals surface area contributed by atoms with Crippen LogP contribution in [0.3, 0.4) is 0 Å². The highest BCUT2D eigenvalue weighted by Crippen LogP contribution is 2.38. The lowest BCUT2D eigenvalue weighted by molar-refractivity contribution is 0.269. The number of hydrogen-bond donors (Lipinski definition) is 4. The summed E-state index contributed by atoms with van der Waals surface area (Å²) in [7, 11) is 0.